The third kappa shape index (κ3) is 11.6. The highest BCUT2D eigenvalue weighted by Gasteiger charge is 2.17. The van der Waals surface area contributed by atoms with Gasteiger partial charge in [0.15, 0.2) is 0 Å². The molecule has 0 aromatic carbocycles. The van der Waals surface area contributed by atoms with E-state index < -0.39 is 5.83 Å². The summed E-state index contributed by atoms with van der Waals surface area (Å²) in [5.74, 6) is -0.969. The van der Waals surface area contributed by atoms with Crippen LogP contribution in [0, 0.1) is 0 Å². The molecule has 6 nitrogen and oxygen atoms in total. The van der Waals surface area contributed by atoms with Crippen molar-refractivity contribution in [2.45, 2.75) is 61.3 Å². The Bertz CT molecular complexity index is 991. The number of carbonyl (C=O) groups excluding carboxylic acids is 1. The molecule has 0 spiro atoms. The molecule has 0 bridgehead atoms. The molecule has 0 aliphatic carbocycles. The average molecular weight is 521 g/mol. The molecule has 0 atom stereocenters. The van der Waals surface area contributed by atoms with Gasteiger partial charge in [-0.25, -0.2) is 4.39 Å². The molecule has 3 N–H and O–H groups in total. The highest BCUT2D eigenvalue weighted by atomic mass is 35.5. The first-order chi connectivity index (χ1) is 17.2. The summed E-state index contributed by atoms with van der Waals surface area (Å²) >= 11 is 5.82. The monoisotopic (exact) mass is 520 g/mol. The van der Waals surface area contributed by atoms with E-state index in [0.717, 1.165) is 5.56 Å². The van der Waals surface area contributed by atoms with Crippen LogP contribution in [0.4, 0.5) is 15.8 Å². The van der Waals surface area contributed by atoms with Gasteiger partial charge < -0.3 is 15.7 Å². The fraction of sp³-hybridized carbons (Fsp3) is 0.393. The molecular formula is C28H42ClFN4O2. The molecule has 36 heavy (non-hydrogen) atoms. The molecule has 0 radical (unpaired) electrons. The molecule has 0 aliphatic heterocycles. The lowest BCUT2D eigenvalue weighted by atomic mass is 10.0. The van der Waals surface area contributed by atoms with Crippen molar-refractivity contribution < 1.29 is 14.3 Å². The number of amides is 1. The van der Waals surface area contributed by atoms with Crippen molar-refractivity contribution in [3.63, 3.8) is 0 Å². The Morgan fingerprint density at radius 3 is 2.25 bits per heavy atom. The number of aromatic nitrogens is 2. The number of halogens is 2. The molecule has 1 amide bonds. The van der Waals surface area contributed by atoms with Crippen LogP contribution in [0.2, 0.25) is 0 Å². The molecule has 0 aliphatic rings. The third-order valence-electron chi connectivity index (χ3n) is 4.16. The SMILES string of the molecule is C=C(Cl)/C=C(\C(=C)F)c1cc(Nc2ccncc2C(=O)NCCO)c(C(C)C)cn1.CC.CC.CC. The van der Waals surface area contributed by atoms with Gasteiger partial charge in [-0.15, -0.1) is 0 Å². The molecule has 0 fully saturated rings. The number of carbonyl (C=O) groups is 1. The molecule has 8 heteroatoms. The Morgan fingerprint density at radius 1 is 1.14 bits per heavy atom. The number of nitrogens with zero attached hydrogens (tertiary/aromatic N) is 2. The molecule has 2 heterocycles. The van der Waals surface area contributed by atoms with E-state index in [0.29, 0.717) is 22.6 Å². The molecule has 0 saturated heterocycles. The topological polar surface area (TPSA) is 87.1 Å². The zero-order chi connectivity index (χ0) is 28.3. The summed E-state index contributed by atoms with van der Waals surface area (Å²) in [4.78, 5) is 20.8. The minimum absolute atomic E-state index is 0.103. The van der Waals surface area contributed by atoms with Gasteiger partial charge in [0.05, 0.1) is 23.6 Å². The molecule has 2 aromatic heterocycles. The highest BCUT2D eigenvalue weighted by molar-refractivity contribution is 6.31. The van der Waals surface area contributed by atoms with Crippen molar-refractivity contribution in [3.05, 3.63) is 77.6 Å². The minimum atomic E-state index is -0.694. The van der Waals surface area contributed by atoms with E-state index in [4.69, 9.17) is 16.7 Å². The van der Waals surface area contributed by atoms with Gasteiger partial charge in [-0.1, -0.05) is 80.1 Å². The normalized spacial score (nSPS) is 9.94. The summed E-state index contributed by atoms with van der Waals surface area (Å²) in [6.07, 6.45) is 5.97. The first-order valence-corrected chi connectivity index (χ1v) is 12.6. The van der Waals surface area contributed by atoms with E-state index in [2.05, 4.69) is 33.8 Å². The minimum Gasteiger partial charge on any atom is -0.395 e. The summed E-state index contributed by atoms with van der Waals surface area (Å²) < 4.78 is 14.0. The van der Waals surface area contributed by atoms with Crippen LogP contribution in [0.1, 0.15) is 82.9 Å². The lowest BCUT2D eigenvalue weighted by Gasteiger charge is -2.18. The largest absolute Gasteiger partial charge is 0.395 e. The van der Waals surface area contributed by atoms with Crippen LogP contribution in [-0.2, 0) is 0 Å². The second kappa shape index (κ2) is 20.2. The highest BCUT2D eigenvalue weighted by Crippen LogP contribution is 2.32. The Balaban J connectivity index is 0. The lowest BCUT2D eigenvalue weighted by Crippen LogP contribution is -2.27. The van der Waals surface area contributed by atoms with Crippen LogP contribution >= 0.6 is 11.6 Å². The second-order valence-electron chi connectivity index (χ2n) is 6.75. The maximum absolute atomic E-state index is 14.0. The van der Waals surface area contributed by atoms with Gasteiger partial charge in [0, 0.05) is 41.4 Å². The van der Waals surface area contributed by atoms with Crippen LogP contribution in [-0.4, -0.2) is 34.1 Å². The zero-order valence-corrected chi connectivity index (χ0v) is 23.6. The summed E-state index contributed by atoms with van der Waals surface area (Å²) in [6.45, 7) is 22.8. The maximum atomic E-state index is 14.0. The van der Waals surface area contributed by atoms with Gasteiger partial charge in [0.1, 0.15) is 5.83 Å². The molecular weight excluding hydrogens is 479 g/mol. The van der Waals surface area contributed by atoms with Gasteiger partial charge in [0.25, 0.3) is 5.91 Å². The second-order valence-corrected chi connectivity index (χ2v) is 7.23. The van der Waals surface area contributed by atoms with Crippen molar-refractivity contribution in [2.24, 2.45) is 0 Å². The van der Waals surface area contributed by atoms with Gasteiger partial charge in [-0.3, -0.25) is 14.8 Å². The summed E-state index contributed by atoms with van der Waals surface area (Å²) in [5.41, 5.74) is 2.75. The number of rotatable bonds is 9. The first kappa shape index (κ1) is 35.1. The smallest absolute Gasteiger partial charge is 0.255 e. The Labute approximate surface area is 221 Å². The number of hydrogen-bond acceptors (Lipinski definition) is 5. The third-order valence-corrected chi connectivity index (χ3v) is 4.27. The van der Waals surface area contributed by atoms with Crippen LogP contribution in [0.3, 0.4) is 0 Å². The Kier molecular flexibility index (Phi) is 19.7. The van der Waals surface area contributed by atoms with E-state index >= 15 is 0 Å². The van der Waals surface area contributed by atoms with E-state index in [-0.39, 0.29) is 35.6 Å². The van der Waals surface area contributed by atoms with Gasteiger partial charge in [-0.05, 0) is 29.7 Å². The summed E-state index contributed by atoms with van der Waals surface area (Å²) in [6, 6.07) is 3.32. The molecule has 0 saturated carbocycles. The van der Waals surface area contributed by atoms with Crippen LogP contribution in [0.25, 0.3) is 5.57 Å². The Hall–Kier alpha value is -3.03. The number of hydrogen-bond donors (Lipinski definition) is 3. The molecule has 200 valence electrons. The van der Waals surface area contributed by atoms with E-state index in [1.807, 2.05) is 55.4 Å². The first-order valence-electron chi connectivity index (χ1n) is 12.3. The van der Waals surface area contributed by atoms with Gasteiger partial charge in [0.2, 0.25) is 0 Å². The lowest BCUT2D eigenvalue weighted by molar-refractivity contribution is 0.0945. The fourth-order valence-electron chi connectivity index (χ4n) is 2.72. The van der Waals surface area contributed by atoms with E-state index in [1.165, 1.54) is 12.3 Å². The predicted molar refractivity (Wildman–Crippen MR) is 153 cm³/mol. The summed E-state index contributed by atoms with van der Waals surface area (Å²) in [5, 5.41) is 14.9. The van der Waals surface area contributed by atoms with Crippen molar-refractivity contribution in [1.82, 2.24) is 15.3 Å². The molecule has 2 aromatic rings. The standard InChI is InChI=1S/C22H24ClFN4O2.3C2H6/c1-13(2)17-12-27-20(16(15(4)24)9-14(3)23)10-21(17)28-19-5-6-25-11-18(19)22(30)26-7-8-29;3*1-2/h5-6,9-13,29H,3-4,7-8H2,1-2H3,(H,26,30)(H,25,27,28);3*1-2H3/b16-9+;;;. The van der Waals surface area contributed by atoms with Crippen molar-refractivity contribution in [1.29, 1.82) is 0 Å². The van der Waals surface area contributed by atoms with Crippen LogP contribution in [0.15, 0.2) is 60.8 Å². The van der Waals surface area contributed by atoms with E-state index in [1.54, 1.807) is 24.5 Å². The quantitative estimate of drug-likeness (QED) is 0.294. The van der Waals surface area contributed by atoms with Crippen molar-refractivity contribution in [3.8, 4) is 0 Å². The van der Waals surface area contributed by atoms with E-state index in [9.17, 15) is 9.18 Å². The summed E-state index contributed by atoms with van der Waals surface area (Å²) in [7, 11) is 0. The number of anilines is 2. The molecule has 0 unspecified atom stereocenters. The number of allylic oxidation sites excluding steroid dienone is 4. The number of pyridine rings is 2. The maximum Gasteiger partial charge on any atom is 0.255 e. The van der Waals surface area contributed by atoms with Crippen LogP contribution < -0.4 is 10.6 Å². The average Bonchev–Trinajstić information content (AvgIpc) is 2.89. The zero-order valence-electron chi connectivity index (χ0n) is 22.9. The predicted octanol–water partition coefficient (Wildman–Crippen LogP) is 7.76. The number of aliphatic hydroxyl groups is 1. The van der Waals surface area contributed by atoms with Crippen molar-refractivity contribution >= 4 is 34.5 Å². The fourth-order valence-corrected chi connectivity index (χ4v) is 2.83. The number of aliphatic hydroxyl groups excluding tert-OH is 1. The Morgan fingerprint density at radius 2 is 1.75 bits per heavy atom. The van der Waals surface area contributed by atoms with Crippen LogP contribution in [0.5, 0.6) is 0 Å². The molecule has 2 rings (SSSR count). The van der Waals surface area contributed by atoms with Gasteiger partial charge >= 0.3 is 0 Å². The van der Waals surface area contributed by atoms with Gasteiger partial charge in [-0.2, -0.15) is 0 Å². The number of nitrogens with one attached hydrogen (secondary N) is 2. The van der Waals surface area contributed by atoms with Crippen molar-refractivity contribution in [2.75, 3.05) is 18.5 Å².